The molecule has 1 aromatic carbocycles. The van der Waals surface area contributed by atoms with Crippen LogP contribution >= 0.6 is 11.6 Å². The predicted molar refractivity (Wildman–Crippen MR) is 92.6 cm³/mol. The number of esters is 1. The van der Waals surface area contributed by atoms with Crippen molar-refractivity contribution < 1.29 is 19.2 Å². The van der Waals surface area contributed by atoms with Gasteiger partial charge in [-0.15, -0.1) is 0 Å². The molecule has 0 heterocycles. The summed E-state index contributed by atoms with van der Waals surface area (Å²) in [6, 6.07) is 3.81. The van der Waals surface area contributed by atoms with Gasteiger partial charge in [-0.2, -0.15) is 0 Å². The molecule has 0 aromatic heterocycles. The van der Waals surface area contributed by atoms with E-state index >= 15 is 0 Å². The zero-order chi connectivity index (χ0) is 18.6. The number of carbonyl (C=O) groups is 2. The second-order valence-corrected chi connectivity index (χ2v) is 6.85. The third kappa shape index (κ3) is 4.92. The largest absolute Gasteiger partial charge is 0.452 e. The van der Waals surface area contributed by atoms with Crippen molar-refractivity contribution in [1.29, 1.82) is 0 Å². The molecule has 1 amide bonds. The molecule has 0 bridgehead atoms. The van der Waals surface area contributed by atoms with Gasteiger partial charge in [0.05, 0.1) is 4.92 Å². The van der Waals surface area contributed by atoms with Crippen LogP contribution in [0, 0.1) is 16.0 Å². The van der Waals surface area contributed by atoms with E-state index in [2.05, 4.69) is 6.92 Å². The molecule has 25 heavy (non-hydrogen) atoms. The lowest BCUT2D eigenvalue weighted by Gasteiger charge is -2.33. The van der Waals surface area contributed by atoms with Crippen LogP contribution in [0.3, 0.4) is 0 Å². The van der Waals surface area contributed by atoms with Crippen molar-refractivity contribution in [1.82, 2.24) is 4.90 Å². The molecular weight excluding hydrogens is 348 g/mol. The Kier molecular flexibility index (Phi) is 6.36. The Labute approximate surface area is 151 Å². The maximum Gasteiger partial charge on any atom is 0.345 e. The number of likely N-dealkylation sites (N-methyl/N-ethyl adjacent to an activating group) is 1. The van der Waals surface area contributed by atoms with Crippen LogP contribution in [0.2, 0.25) is 5.02 Å². The Hall–Kier alpha value is -2.15. The smallest absolute Gasteiger partial charge is 0.345 e. The number of hydrogen-bond acceptors (Lipinski definition) is 5. The first kappa shape index (κ1) is 19.2. The summed E-state index contributed by atoms with van der Waals surface area (Å²) < 4.78 is 4.98. The average Bonchev–Trinajstić information content (AvgIpc) is 2.59. The third-order valence-electron chi connectivity index (χ3n) is 4.63. The molecule has 1 fully saturated rings. The van der Waals surface area contributed by atoms with Gasteiger partial charge in [0, 0.05) is 24.2 Å². The highest BCUT2D eigenvalue weighted by molar-refractivity contribution is 6.31. The van der Waals surface area contributed by atoms with E-state index in [-0.39, 0.29) is 22.5 Å². The first-order valence-corrected chi connectivity index (χ1v) is 8.54. The molecule has 0 unspecified atom stereocenters. The predicted octanol–water partition coefficient (Wildman–Crippen LogP) is 3.44. The van der Waals surface area contributed by atoms with E-state index in [1.54, 1.807) is 11.9 Å². The van der Waals surface area contributed by atoms with Crippen LogP contribution in [0.4, 0.5) is 5.69 Å². The second kappa shape index (κ2) is 8.29. The van der Waals surface area contributed by atoms with E-state index in [0.717, 1.165) is 31.7 Å². The van der Waals surface area contributed by atoms with Crippen molar-refractivity contribution in [2.45, 2.75) is 38.6 Å². The molecule has 136 valence electrons. The minimum atomic E-state index is -0.914. The zero-order valence-corrected chi connectivity index (χ0v) is 15.0. The molecule has 0 radical (unpaired) electrons. The number of rotatable bonds is 5. The summed E-state index contributed by atoms with van der Waals surface area (Å²) in [5.41, 5.74) is -0.670. The topological polar surface area (TPSA) is 89.8 Å². The normalized spacial score (nSPS) is 20.0. The molecule has 2 rings (SSSR count). The molecular formula is C17H21ClN2O5. The number of nitrogens with zero attached hydrogens (tertiary/aromatic N) is 2. The summed E-state index contributed by atoms with van der Waals surface area (Å²) in [4.78, 5) is 36.2. The number of carbonyl (C=O) groups excluding carboxylic acids is 2. The zero-order valence-electron chi connectivity index (χ0n) is 14.2. The van der Waals surface area contributed by atoms with Gasteiger partial charge in [0.25, 0.3) is 11.6 Å². The fourth-order valence-corrected chi connectivity index (χ4v) is 3.14. The summed E-state index contributed by atoms with van der Waals surface area (Å²) in [5.74, 6) is -0.560. The number of nitro benzene ring substituents is 1. The fraction of sp³-hybridized carbons (Fsp3) is 0.529. The van der Waals surface area contributed by atoms with Crippen LogP contribution in [-0.4, -0.2) is 41.4 Å². The molecule has 0 atom stereocenters. The number of amides is 1. The van der Waals surface area contributed by atoms with Crippen molar-refractivity contribution in [2.24, 2.45) is 5.92 Å². The van der Waals surface area contributed by atoms with Crippen LogP contribution < -0.4 is 0 Å². The lowest BCUT2D eigenvalue weighted by molar-refractivity contribution is -0.385. The van der Waals surface area contributed by atoms with Crippen molar-refractivity contribution in [3.05, 3.63) is 38.9 Å². The summed E-state index contributed by atoms with van der Waals surface area (Å²) in [7, 11) is 1.70. The molecule has 0 saturated heterocycles. The Morgan fingerprint density at radius 3 is 2.56 bits per heavy atom. The molecule has 1 aromatic rings. The van der Waals surface area contributed by atoms with E-state index in [1.807, 2.05) is 0 Å². The van der Waals surface area contributed by atoms with Crippen molar-refractivity contribution in [2.75, 3.05) is 13.7 Å². The summed E-state index contributed by atoms with van der Waals surface area (Å²) in [5, 5.41) is 11.2. The molecule has 1 aliphatic rings. The number of nitro groups is 1. The molecule has 8 heteroatoms. The monoisotopic (exact) mass is 368 g/mol. The minimum Gasteiger partial charge on any atom is -0.452 e. The summed E-state index contributed by atoms with van der Waals surface area (Å²) >= 11 is 5.71. The van der Waals surface area contributed by atoms with E-state index in [0.29, 0.717) is 5.92 Å². The molecule has 0 aliphatic heterocycles. The van der Waals surface area contributed by atoms with Gasteiger partial charge in [0.1, 0.15) is 5.56 Å². The van der Waals surface area contributed by atoms with Crippen LogP contribution in [0.15, 0.2) is 18.2 Å². The van der Waals surface area contributed by atoms with Crippen LogP contribution in [0.5, 0.6) is 0 Å². The Morgan fingerprint density at radius 2 is 1.96 bits per heavy atom. The highest BCUT2D eigenvalue weighted by atomic mass is 35.5. The van der Waals surface area contributed by atoms with Crippen molar-refractivity contribution in [3.8, 4) is 0 Å². The highest BCUT2D eigenvalue weighted by Gasteiger charge is 2.27. The number of halogens is 1. The molecule has 1 saturated carbocycles. The minimum absolute atomic E-state index is 0.144. The fourth-order valence-electron chi connectivity index (χ4n) is 2.97. The third-order valence-corrected chi connectivity index (χ3v) is 4.86. The van der Waals surface area contributed by atoms with Gasteiger partial charge in [-0.3, -0.25) is 14.9 Å². The SMILES string of the molecule is CC1CCC(N(C)C(=O)COC(=O)c2ccc(Cl)cc2[N+](=O)[O-])CC1. The van der Waals surface area contributed by atoms with Gasteiger partial charge in [-0.1, -0.05) is 18.5 Å². The molecule has 0 N–H and O–H groups in total. The van der Waals surface area contributed by atoms with Gasteiger partial charge < -0.3 is 9.64 Å². The first-order chi connectivity index (χ1) is 11.8. The van der Waals surface area contributed by atoms with Gasteiger partial charge in [0.2, 0.25) is 0 Å². The molecule has 0 spiro atoms. The van der Waals surface area contributed by atoms with Crippen molar-refractivity contribution >= 4 is 29.2 Å². The van der Waals surface area contributed by atoms with Crippen LogP contribution in [-0.2, 0) is 9.53 Å². The average molecular weight is 369 g/mol. The summed E-state index contributed by atoms with van der Waals surface area (Å²) in [6.45, 7) is 1.75. The number of ether oxygens (including phenoxy) is 1. The summed E-state index contributed by atoms with van der Waals surface area (Å²) in [6.07, 6.45) is 4.00. The van der Waals surface area contributed by atoms with E-state index in [9.17, 15) is 19.7 Å². The van der Waals surface area contributed by atoms with Crippen LogP contribution in [0.1, 0.15) is 43.0 Å². The molecule has 1 aliphatic carbocycles. The highest BCUT2D eigenvalue weighted by Crippen LogP contribution is 2.27. The quantitative estimate of drug-likeness (QED) is 0.451. The van der Waals surface area contributed by atoms with E-state index in [1.165, 1.54) is 12.1 Å². The maximum atomic E-state index is 12.2. The molecule has 7 nitrogen and oxygen atoms in total. The van der Waals surface area contributed by atoms with E-state index in [4.69, 9.17) is 16.3 Å². The Balaban J connectivity index is 1.95. The van der Waals surface area contributed by atoms with Gasteiger partial charge in [0.15, 0.2) is 6.61 Å². The Morgan fingerprint density at radius 1 is 1.32 bits per heavy atom. The number of benzene rings is 1. The lowest BCUT2D eigenvalue weighted by Crippen LogP contribution is -2.41. The number of hydrogen-bond donors (Lipinski definition) is 0. The van der Waals surface area contributed by atoms with Gasteiger partial charge >= 0.3 is 5.97 Å². The van der Waals surface area contributed by atoms with Crippen LogP contribution in [0.25, 0.3) is 0 Å². The first-order valence-electron chi connectivity index (χ1n) is 8.16. The second-order valence-electron chi connectivity index (χ2n) is 6.41. The van der Waals surface area contributed by atoms with E-state index < -0.39 is 23.2 Å². The van der Waals surface area contributed by atoms with Gasteiger partial charge in [-0.25, -0.2) is 4.79 Å². The Bertz CT molecular complexity index is 671. The maximum absolute atomic E-state index is 12.2. The van der Waals surface area contributed by atoms with Gasteiger partial charge in [-0.05, 0) is 43.7 Å². The van der Waals surface area contributed by atoms with Crippen molar-refractivity contribution in [3.63, 3.8) is 0 Å². The standard InChI is InChI=1S/C17H21ClN2O5/c1-11-3-6-13(7-4-11)19(2)16(21)10-25-17(22)14-8-5-12(18)9-15(14)20(23)24/h5,8-9,11,13H,3-4,6-7,10H2,1-2H3. The lowest BCUT2D eigenvalue weighted by atomic mass is 9.87.